The molecule has 0 aromatic heterocycles. The summed E-state index contributed by atoms with van der Waals surface area (Å²) in [7, 11) is 0. The monoisotopic (exact) mass is 170 g/mol. The van der Waals surface area contributed by atoms with Crippen molar-refractivity contribution in [2.45, 2.75) is 24.5 Å². The molecule has 0 amide bonds. The lowest BCUT2D eigenvalue weighted by molar-refractivity contribution is -0.131. The minimum atomic E-state index is -0.981. The lowest BCUT2D eigenvalue weighted by Gasteiger charge is -2.09. The first-order valence-electron chi connectivity index (χ1n) is 3.64. The smallest absolute Gasteiger partial charge is 0.327 e. The summed E-state index contributed by atoms with van der Waals surface area (Å²) in [6.07, 6.45) is 4.14. The lowest BCUT2D eigenvalue weighted by atomic mass is 9.87. The van der Waals surface area contributed by atoms with Gasteiger partial charge in [-0.3, -0.25) is 0 Å². The fourth-order valence-corrected chi connectivity index (χ4v) is 1.06. The molecule has 2 rings (SSSR count). The third-order valence-corrected chi connectivity index (χ3v) is 2.02. The quantitative estimate of drug-likeness (QED) is 0.369. The van der Waals surface area contributed by atoms with Crippen LogP contribution in [-0.2, 0) is 14.3 Å². The summed E-state index contributed by atoms with van der Waals surface area (Å²) in [6.45, 7) is 2.96. The average molecular weight is 170 g/mol. The Morgan fingerprint density at radius 3 is 2.33 bits per heavy atom. The normalized spacial score (nSPS) is 34.5. The number of aliphatic carboxylic acids is 1. The average Bonchev–Trinajstić information content (AvgIpc) is 2.56. The Kier molecular flexibility index (Phi) is 2.28. The fourth-order valence-electron chi connectivity index (χ4n) is 1.06. The number of carbonyl (C=O) groups is 2. The van der Waals surface area contributed by atoms with E-state index in [4.69, 9.17) is 9.84 Å². The highest BCUT2D eigenvalue weighted by molar-refractivity contribution is 5.78. The van der Waals surface area contributed by atoms with Crippen LogP contribution in [0.15, 0.2) is 12.7 Å². The van der Waals surface area contributed by atoms with Crippen molar-refractivity contribution in [2.75, 3.05) is 0 Å². The van der Waals surface area contributed by atoms with E-state index in [9.17, 15) is 9.59 Å². The molecule has 0 radical (unpaired) electrons. The summed E-state index contributed by atoms with van der Waals surface area (Å²) in [5.74, 6) is -0.981. The van der Waals surface area contributed by atoms with Gasteiger partial charge in [-0.1, -0.05) is 6.58 Å². The molecule has 12 heavy (non-hydrogen) atoms. The molecule has 1 saturated heterocycles. The highest BCUT2D eigenvalue weighted by atomic mass is 16.6. The van der Waals surface area contributed by atoms with Gasteiger partial charge in [0.15, 0.2) is 6.29 Å². The Hall–Kier alpha value is -1.16. The number of carboxylic acids is 1. The fraction of sp³-hybridized carbons (Fsp3) is 0.500. The van der Waals surface area contributed by atoms with E-state index in [0.29, 0.717) is 6.10 Å². The SMILES string of the molecule is C=CC(=O)O.O=CC12CCC1O2. The molecule has 4 nitrogen and oxygen atoms in total. The Bertz CT molecular complexity index is 219. The lowest BCUT2D eigenvalue weighted by Crippen LogP contribution is -2.26. The van der Waals surface area contributed by atoms with Gasteiger partial charge in [0.25, 0.3) is 0 Å². The van der Waals surface area contributed by atoms with E-state index in [2.05, 4.69) is 6.58 Å². The second kappa shape index (κ2) is 3.06. The minimum absolute atomic E-state index is 0.250. The molecular weight excluding hydrogens is 160 g/mol. The zero-order valence-corrected chi connectivity index (χ0v) is 6.53. The van der Waals surface area contributed by atoms with Crippen molar-refractivity contribution in [3.63, 3.8) is 0 Å². The van der Waals surface area contributed by atoms with Gasteiger partial charge in [-0.2, -0.15) is 0 Å². The largest absolute Gasteiger partial charge is 0.478 e. The number of carboxylic acid groups (broad SMARTS) is 1. The van der Waals surface area contributed by atoms with E-state index < -0.39 is 5.97 Å². The van der Waals surface area contributed by atoms with Gasteiger partial charge in [-0.05, 0) is 12.8 Å². The molecule has 4 heteroatoms. The highest BCUT2D eigenvalue weighted by Crippen LogP contribution is 2.51. The first-order valence-corrected chi connectivity index (χ1v) is 3.64. The summed E-state index contributed by atoms with van der Waals surface area (Å²) in [4.78, 5) is 19.3. The molecular formula is C8H10O4. The molecule has 0 aromatic carbocycles. The molecule has 1 saturated carbocycles. The zero-order valence-electron chi connectivity index (χ0n) is 6.53. The summed E-state index contributed by atoms with van der Waals surface area (Å²) in [6, 6.07) is 0. The predicted octanol–water partition coefficient (Wildman–Crippen LogP) is 0.374. The molecule has 66 valence electrons. The molecule has 1 heterocycles. The minimum Gasteiger partial charge on any atom is -0.478 e. The third-order valence-electron chi connectivity index (χ3n) is 2.02. The van der Waals surface area contributed by atoms with E-state index in [1.54, 1.807) is 0 Å². The maximum absolute atomic E-state index is 10.0. The van der Waals surface area contributed by atoms with Crippen LogP contribution in [-0.4, -0.2) is 29.1 Å². The van der Waals surface area contributed by atoms with E-state index >= 15 is 0 Å². The van der Waals surface area contributed by atoms with Gasteiger partial charge in [-0.25, -0.2) is 4.79 Å². The number of ether oxygens (including phenoxy) is 1. The van der Waals surface area contributed by atoms with Gasteiger partial charge in [0.05, 0.1) is 6.10 Å². The van der Waals surface area contributed by atoms with E-state index in [1.165, 1.54) is 0 Å². The van der Waals surface area contributed by atoms with E-state index in [-0.39, 0.29) is 5.60 Å². The Morgan fingerprint density at radius 1 is 1.75 bits per heavy atom. The van der Waals surface area contributed by atoms with Crippen LogP contribution in [0.5, 0.6) is 0 Å². The summed E-state index contributed by atoms with van der Waals surface area (Å²) >= 11 is 0. The number of carbonyl (C=O) groups excluding carboxylic acids is 1. The Morgan fingerprint density at radius 2 is 2.33 bits per heavy atom. The first-order chi connectivity index (χ1) is 5.64. The standard InChI is InChI=1S/C5H6O2.C3H4O2/c6-3-5-2-1-4(5)7-5;1-2-3(4)5/h3-4H,1-2H2;2H,1H2,(H,4,5). The topological polar surface area (TPSA) is 66.9 Å². The number of rotatable bonds is 2. The van der Waals surface area contributed by atoms with Crippen molar-refractivity contribution in [1.29, 1.82) is 0 Å². The summed E-state index contributed by atoms with van der Waals surface area (Å²) in [5, 5.41) is 7.60. The molecule has 1 N–H and O–H groups in total. The van der Waals surface area contributed by atoms with Crippen molar-refractivity contribution in [3.05, 3.63) is 12.7 Å². The second-order valence-corrected chi connectivity index (χ2v) is 2.76. The van der Waals surface area contributed by atoms with Crippen LogP contribution in [0.2, 0.25) is 0 Å². The number of fused-ring (bicyclic) bond motifs is 1. The van der Waals surface area contributed by atoms with E-state index in [1.807, 2.05) is 0 Å². The van der Waals surface area contributed by atoms with Gasteiger partial charge < -0.3 is 14.6 Å². The van der Waals surface area contributed by atoms with Crippen molar-refractivity contribution in [1.82, 2.24) is 0 Å². The van der Waals surface area contributed by atoms with E-state index in [0.717, 1.165) is 25.2 Å². The van der Waals surface area contributed by atoms with Gasteiger partial charge in [0.1, 0.15) is 5.60 Å². The molecule has 0 bridgehead atoms. The second-order valence-electron chi connectivity index (χ2n) is 2.76. The van der Waals surface area contributed by atoms with Crippen LogP contribution in [0.1, 0.15) is 12.8 Å². The third kappa shape index (κ3) is 1.53. The molecule has 0 spiro atoms. The molecule has 0 aromatic rings. The van der Waals surface area contributed by atoms with Gasteiger partial charge >= 0.3 is 5.97 Å². The van der Waals surface area contributed by atoms with Crippen LogP contribution < -0.4 is 0 Å². The Labute approximate surface area is 69.8 Å². The van der Waals surface area contributed by atoms with Crippen LogP contribution in [0.4, 0.5) is 0 Å². The maximum atomic E-state index is 10.0. The highest BCUT2D eigenvalue weighted by Gasteiger charge is 2.64. The molecule has 2 aliphatic rings. The molecule has 1 aliphatic carbocycles. The number of aldehydes is 1. The number of hydrogen-bond donors (Lipinski definition) is 1. The molecule has 2 atom stereocenters. The van der Waals surface area contributed by atoms with Crippen molar-refractivity contribution < 1.29 is 19.4 Å². The Balaban J connectivity index is 0.000000130. The van der Waals surface area contributed by atoms with Crippen molar-refractivity contribution >= 4 is 12.3 Å². The van der Waals surface area contributed by atoms with Gasteiger partial charge in [0.2, 0.25) is 0 Å². The molecule has 2 fully saturated rings. The molecule has 1 aliphatic heterocycles. The van der Waals surface area contributed by atoms with Crippen molar-refractivity contribution in [3.8, 4) is 0 Å². The van der Waals surface area contributed by atoms with Gasteiger partial charge in [-0.15, -0.1) is 0 Å². The van der Waals surface area contributed by atoms with Gasteiger partial charge in [0, 0.05) is 6.08 Å². The molecule has 2 unspecified atom stereocenters. The summed E-state index contributed by atoms with van der Waals surface area (Å²) in [5.41, 5.74) is -0.250. The number of epoxide rings is 1. The maximum Gasteiger partial charge on any atom is 0.327 e. The van der Waals surface area contributed by atoms with Crippen molar-refractivity contribution in [2.24, 2.45) is 0 Å². The summed E-state index contributed by atoms with van der Waals surface area (Å²) < 4.78 is 5.00. The van der Waals surface area contributed by atoms with Crippen LogP contribution in [0, 0.1) is 0 Å². The number of hydrogen-bond acceptors (Lipinski definition) is 3. The first kappa shape index (κ1) is 8.93. The predicted molar refractivity (Wildman–Crippen MR) is 40.7 cm³/mol. The van der Waals surface area contributed by atoms with Crippen LogP contribution in [0.25, 0.3) is 0 Å². The van der Waals surface area contributed by atoms with Crippen LogP contribution >= 0.6 is 0 Å². The van der Waals surface area contributed by atoms with Crippen LogP contribution in [0.3, 0.4) is 0 Å². The zero-order chi connectivity index (χ0) is 9.19.